The summed E-state index contributed by atoms with van der Waals surface area (Å²) in [7, 11) is -4.55. The molecule has 0 rings (SSSR count). The van der Waals surface area contributed by atoms with Gasteiger partial charge in [-0.1, -0.05) is 24.0 Å². The summed E-state index contributed by atoms with van der Waals surface area (Å²) in [5.74, 6) is 0.644. The quantitative estimate of drug-likeness (QED) is 0.181. The minimum Gasteiger partial charge on any atom is -0.726 e. The number of rotatable bonds is 7. The Kier molecular flexibility index (Phi) is 13.2. The Bertz CT molecular complexity index is 306. The predicted molar refractivity (Wildman–Crippen MR) is 68.2 cm³/mol. The normalized spacial score (nSPS) is 10.8. The van der Waals surface area contributed by atoms with Gasteiger partial charge < -0.3 is 9.45 Å². The summed E-state index contributed by atoms with van der Waals surface area (Å²) >= 11 is 6.63. The molecule has 0 bridgehead atoms. The molecule has 0 unspecified atom stereocenters. The van der Waals surface area contributed by atoms with E-state index >= 15 is 0 Å². The third-order valence-electron chi connectivity index (χ3n) is 1.76. The average molecular weight is 309 g/mol. The zero-order chi connectivity index (χ0) is 12.6. The molecule has 0 aliphatic rings. The summed E-state index contributed by atoms with van der Waals surface area (Å²) in [5, 5.41) is 0. The Labute approximate surface area is 135 Å². The molecule has 0 saturated carbocycles. The molecule has 96 valence electrons. The molecule has 0 spiro atoms. The summed E-state index contributed by atoms with van der Waals surface area (Å²) in [6.07, 6.45) is 0.480. The summed E-state index contributed by atoms with van der Waals surface area (Å²) < 4.78 is 35.2. The second kappa shape index (κ2) is 11.0. The molecule has 0 aromatic heterocycles. The maximum absolute atomic E-state index is 10.1. The zero-order valence-corrected chi connectivity index (χ0v) is 14.8. The van der Waals surface area contributed by atoms with Gasteiger partial charge in [-0.3, -0.25) is 4.18 Å². The van der Waals surface area contributed by atoms with Crippen molar-refractivity contribution in [2.45, 2.75) is 20.3 Å². The Morgan fingerprint density at radius 2 is 1.94 bits per heavy atom. The van der Waals surface area contributed by atoms with Gasteiger partial charge in [-0.25, -0.2) is 8.42 Å². The van der Waals surface area contributed by atoms with Gasteiger partial charge in [-0.2, -0.15) is 0 Å². The van der Waals surface area contributed by atoms with Crippen LogP contribution in [0, 0.1) is 0 Å². The second-order valence-electron chi connectivity index (χ2n) is 2.87. The monoisotopic (exact) mass is 309 g/mol. The van der Waals surface area contributed by atoms with E-state index in [9.17, 15) is 13.0 Å². The minimum absolute atomic E-state index is 0. The molecule has 0 heterocycles. The maximum atomic E-state index is 10.1. The van der Waals surface area contributed by atoms with Gasteiger partial charge in [-0.15, -0.1) is 0 Å². The van der Waals surface area contributed by atoms with E-state index in [2.05, 4.69) is 4.18 Å². The van der Waals surface area contributed by atoms with Gasteiger partial charge in [0, 0.05) is 18.8 Å². The van der Waals surface area contributed by atoms with Crippen LogP contribution in [0.25, 0.3) is 0 Å². The summed E-state index contributed by atoms with van der Waals surface area (Å²) in [4.78, 5) is 2.03. The van der Waals surface area contributed by atoms with E-state index in [1.807, 2.05) is 18.7 Å². The minimum atomic E-state index is -4.55. The topological polar surface area (TPSA) is 69.7 Å². The van der Waals surface area contributed by atoms with Crippen molar-refractivity contribution in [2.24, 2.45) is 0 Å². The summed E-state index contributed by atoms with van der Waals surface area (Å²) in [6, 6.07) is 0. The van der Waals surface area contributed by atoms with Crippen LogP contribution in [-0.2, 0) is 14.6 Å². The van der Waals surface area contributed by atoms with E-state index in [1.54, 1.807) is 0 Å². The first kappa shape index (κ1) is 20.4. The predicted octanol–water partition coefficient (Wildman–Crippen LogP) is -1.78. The molecule has 0 aliphatic heterocycles. The van der Waals surface area contributed by atoms with Crippen LogP contribution < -0.4 is 29.6 Å². The molecule has 5 nitrogen and oxygen atoms in total. The third-order valence-corrected chi connectivity index (χ3v) is 3.83. The molecule has 0 saturated heterocycles. The average Bonchev–Trinajstić information content (AvgIpc) is 2.17. The van der Waals surface area contributed by atoms with Crippen LogP contribution in [0.15, 0.2) is 0 Å². The van der Waals surface area contributed by atoms with Crippen molar-refractivity contribution in [2.75, 3.05) is 25.4 Å². The first-order chi connectivity index (χ1) is 7.40. The number of nitrogens with zero attached hydrogens (tertiary/aromatic N) is 1. The molecule has 0 aliphatic carbocycles. The van der Waals surface area contributed by atoms with E-state index < -0.39 is 10.4 Å². The number of hydrogen-bond acceptors (Lipinski definition) is 6. The molecule has 0 radical (unpaired) electrons. The number of thioether (sulfide) groups is 1. The molecular weight excluding hydrogens is 293 g/mol. The fraction of sp³-hybridized carbons (Fsp3) is 0.875. The van der Waals surface area contributed by atoms with Crippen molar-refractivity contribution >= 4 is 38.7 Å². The molecule has 17 heavy (non-hydrogen) atoms. The standard InChI is InChI=1S/C8H17NO4S3.Na/c1-3-9(4-2)8(14)15-7-5-6-13-16(10,11)12;/h3-7H2,1-2H3,(H,10,11,12);/q;+1/p-1. The van der Waals surface area contributed by atoms with Crippen LogP contribution in [0.5, 0.6) is 0 Å². The van der Waals surface area contributed by atoms with Gasteiger partial charge in [-0.05, 0) is 20.3 Å². The Hall–Kier alpha value is 1.11. The van der Waals surface area contributed by atoms with Gasteiger partial charge in [0.2, 0.25) is 10.4 Å². The van der Waals surface area contributed by atoms with Crippen molar-refractivity contribution in [1.29, 1.82) is 0 Å². The van der Waals surface area contributed by atoms with Crippen molar-refractivity contribution in [3.8, 4) is 0 Å². The van der Waals surface area contributed by atoms with Gasteiger partial charge in [0.15, 0.2) is 0 Å². The third kappa shape index (κ3) is 11.9. The molecule has 0 atom stereocenters. The molecular formula is C8H16NNaO4S3. The van der Waals surface area contributed by atoms with E-state index in [-0.39, 0.29) is 36.2 Å². The smallest absolute Gasteiger partial charge is 0.726 e. The first-order valence-electron chi connectivity index (χ1n) is 4.92. The van der Waals surface area contributed by atoms with E-state index in [0.717, 1.165) is 17.4 Å². The fourth-order valence-corrected chi connectivity index (χ4v) is 2.66. The molecule has 0 amide bonds. The summed E-state index contributed by atoms with van der Waals surface area (Å²) in [5.41, 5.74) is 0. The van der Waals surface area contributed by atoms with Gasteiger partial charge in [0.25, 0.3) is 0 Å². The van der Waals surface area contributed by atoms with Gasteiger partial charge in [0.05, 0.1) is 6.61 Å². The van der Waals surface area contributed by atoms with Crippen LogP contribution in [0.2, 0.25) is 0 Å². The summed E-state index contributed by atoms with van der Waals surface area (Å²) in [6.45, 7) is 5.66. The Balaban J connectivity index is 0. The molecule has 0 N–H and O–H groups in total. The molecule has 0 aromatic carbocycles. The Morgan fingerprint density at radius 3 is 2.35 bits per heavy atom. The largest absolute Gasteiger partial charge is 1.00 e. The van der Waals surface area contributed by atoms with Crippen LogP contribution >= 0.6 is 24.0 Å². The number of thiocarbonyl (C=S) groups is 1. The van der Waals surface area contributed by atoms with Gasteiger partial charge in [0.1, 0.15) is 4.32 Å². The fourth-order valence-electron chi connectivity index (χ4n) is 0.952. The van der Waals surface area contributed by atoms with Crippen molar-refractivity contribution in [3.05, 3.63) is 0 Å². The second-order valence-corrected chi connectivity index (χ2v) is 5.65. The zero-order valence-electron chi connectivity index (χ0n) is 10.3. The number of hydrogen-bond donors (Lipinski definition) is 0. The first-order valence-corrected chi connectivity index (χ1v) is 7.65. The van der Waals surface area contributed by atoms with Crippen LogP contribution in [-0.4, -0.2) is 47.6 Å². The van der Waals surface area contributed by atoms with Crippen molar-refractivity contribution in [3.63, 3.8) is 0 Å². The van der Waals surface area contributed by atoms with E-state index in [1.165, 1.54) is 11.8 Å². The Morgan fingerprint density at radius 1 is 1.41 bits per heavy atom. The van der Waals surface area contributed by atoms with Crippen molar-refractivity contribution in [1.82, 2.24) is 4.90 Å². The van der Waals surface area contributed by atoms with Gasteiger partial charge >= 0.3 is 29.6 Å². The molecule has 0 aromatic rings. The van der Waals surface area contributed by atoms with E-state index in [0.29, 0.717) is 12.2 Å². The molecule has 9 heteroatoms. The van der Waals surface area contributed by atoms with Crippen LogP contribution in [0.4, 0.5) is 0 Å². The van der Waals surface area contributed by atoms with Crippen LogP contribution in [0.1, 0.15) is 20.3 Å². The van der Waals surface area contributed by atoms with Crippen molar-refractivity contribution < 1.29 is 46.7 Å². The SMILES string of the molecule is CCN(CC)C(=S)SCCCOS(=O)(=O)[O-].[Na+]. The molecule has 0 fully saturated rings. The van der Waals surface area contributed by atoms with Crippen LogP contribution in [0.3, 0.4) is 0 Å². The maximum Gasteiger partial charge on any atom is 1.00 e. The van der Waals surface area contributed by atoms with E-state index in [4.69, 9.17) is 12.2 Å².